The molecule has 1 aromatic rings. The lowest BCUT2D eigenvalue weighted by Crippen LogP contribution is -2.06. The molecule has 0 fully saturated rings. The lowest BCUT2D eigenvalue weighted by molar-refractivity contribution is 0.389. The van der Waals surface area contributed by atoms with Crippen LogP contribution in [0, 0.1) is 6.92 Å². The van der Waals surface area contributed by atoms with Crippen LogP contribution in [0.2, 0.25) is 0 Å². The van der Waals surface area contributed by atoms with Crippen LogP contribution in [0.5, 0.6) is 0 Å². The molecule has 78 valence electrons. The van der Waals surface area contributed by atoms with Crippen molar-refractivity contribution in [1.29, 1.82) is 0 Å². The van der Waals surface area contributed by atoms with Crippen LogP contribution in [0.25, 0.3) is 0 Å². The fourth-order valence-corrected chi connectivity index (χ4v) is 2.18. The van der Waals surface area contributed by atoms with Crippen molar-refractivity contribution in [2.45, 2.75) is 19.6 Å². The molecule has 0 aliphatic heterocycles. The Balaban J connectivity index is 2.68. The van der Waals surface area contributed by atoms with Gasteiger partial charge in [0.05, 0.1) is 11.4 Å². The van der Waals surface area contributed by atoms with E-state index in [1.807, 2.05) is 0 Å². The van der Waals surface area contributed by atoms with Crippen LogP contribution in [0.4, 0.5) is 0 Å². The van der Waals surface area contributed by atoms with Crippen molar-refractivity contribution in [1.82, 2.24) is 5.16 Å². The van der Waals surface area contributed by atoms with Gasteiger partial charge in [0.2, 0.25) is 0 Å². The van der Waals surface area contributed by atoms with E-state index >= 15 is 0 Å². The van der Waals surface area contributed by atoms with Gasteiger partial charge < -0.3 is 4.52 Å². The number of rotatable bonds is 4. The van der Waals surface area contributed by atoms with Crippen molar-refractivity contribution >= 4 is 9.84 Å². The van der Waals surface area contributed by atoms with Gasteiger partial charge in [-0.2, -0.15) is 0 Å². The Kier molecular flexibility index (Phi) is 3.46. The monoisotopic (exact) mass is 215 g/mol. The topological polar surface area (TPSA) is 60.2 Å². The maximum atomic E-state index is 11.4. The molecule has 0 unspecified atom stereocenters. The van der Waals surface area contributed by atoms with Gasteiger partial charge in [0.15, 0.2) is 15.6 Å². The normalized spacial score (nSPS) is 12.4. The summed E-state index contributed by atoms with van der Waals surface area (Å²) >= 11 is 0. The summed E-state index contributed by atoms with van der Waals surface area (Å²) in [6.45, 7) is 3.54. The van der Waals surface area contributed by atoms with Gasteiger partial charge in [-0.25, -0.2) is 8.42 Å². The molecule has 1 aromatic heterocycles. The zero-order valence-electron chi connectivity index (χ0n) is 8.23. The maximum absolute atomic E-state index is 11.4. The van der Waals surface area contributed by atoms with Crippen LogP contribution < -0.4 is 0 Å². The minimum atomic E-state index is -3.10. The van der Waals surface area contributed by atoms with Gasteiger partial charge in [-0.1, -0.05) is 17.3 Å². The fourth-order valence-electron chi connectivity index (χ4n) is 1.00. The lowest BCUT2D eigenvalue weighted by atomic mass is 10.4. The predicted octanol–water partition coefficient (Wildman–Crippen LogP) is 1.47. The molecular formula is C9H13NO3S. The second-order valence-corrected chi connectivity index (χ2v) is 5.17. The van der Waals surface area contributed by atoms with Crippen molar-refractivity contribution in [2.24, 2.45) is 0 Å². The fraction of sp³-hybridized carbons (Fsp3) is 0.444. The Labute approximate surface area is 83.5 Å². The van der Waals surface area contributed by atoms with Crippen LogP contribution in [-0.4, -0.2) is 19.3 Å². The number of aryl methyl sites for hydroxylation is 1. The summed E-state index contributed by atoms with van der Waals surface area (Å²) in [7, 11) is -3.10. The van der Waals surface area contributed by atoms with Gasteiger partial charge in [0.1, 0.15) is 5.75 Å². The highest BCUT2D eigenvalue weighted by Crippen LogP contribution is 2.08. The van der Waals surface area contributed by atoms with E-state index in [1.165, 1.54) is 0 Å². The standard InChI is InChI=1S/C9H13NO3S/c1-3-4-5-14(11,12)7-9-6-8(2)10-13-9/h3-4,6H,5,7H2,1-2H3. The first-order valence-electron chi connectivity index (χ1n) is 4.27. The summed E-state index contributed by atoms with van der Waals surface area (Å²) in [5.41, 5.74) is 0.696. The molecule has 0 bridgehead atoms. The minimum absolute atomic E-state index is 0.0449. The molecule has 0 aliphatic carbocycles. The summed E-state index contributed by atoms with van der Waals surface area (Å²) in [6.07, 6.45) is 3.32. The smallest absolute Gasteiger partial charge is 0.161 e. The first-order chi connectivity index (χ1) is 6.53. The second-order valence-electron chi connectivity index (χ2n) is 3.06. The van der Waals surface area contributed by atoms with Crippen LogP contribution in [0.3, 0.4) is 0 Å². The molecule has 1 heterocycles. The quantitative estimate of drug-likeness (QED) is 0.714. The molecule has 0 radical (unpaired) electrons. The summed E-state index contributed by atoms with van der Waals surface area (Å²) in [6, 6.07) is 1.63. The van der Waals surface area contributed by atoms with Crippen molar-refractivity contribution in [3.63, 3.8) is 0 Å². The Morgan fingerprint density at radius 3 is 2.79 bits per heavy atom. The van der Waals surface area contributed by atoms with E-state index in [0.717, 1.165) is 0 Å². The summed E-state index contributed by atoms with van der Waals surface area (Å²) in [5.74, 6) is 0.355. The molecule has 0 aromatic carbocycles. The largest absolute Gasteiger partial charge is 0.360 e. The van der Waals surface area contributed by atoms with E-state index < -0.39 is 9.84 Å². The van der Waals surface area contributed by atoms with Crippen molar-refractivity contribution in [2.75, 3.05) is 5.75 Å². The van der Waals surface area contributed by atoms with E-state index in [2.05, 4.69) is 5.16 Å². The number of hydrogen-bond acceptors (Lipinski definition) is 4. The van der Waals surface area contributed by atoms with Crippen molar-refractivity contribution in [3.8, 4) is 0 Å². The molecule has 0 saturated heterocycles. The van der Waals surface area contributed by atoms with Crippen molar-refractivity contribution < 1.29 is 12.9 Å². The number of hydrogen-bond donors (Lipinski definition) is 0. The van der Waals surface area contributed by atoms with Crippen molar-refractivity contribution in [3.05, 3.63) is 29.7 Å². The average Bonchev–Trinajstić information content (AvgIpc) is 2.47. The molecule has 0 spiro atoms. The zero-order chi connectivity index (χ0) is 10.6. The van der Waals surface area contributed by atoms with Crippen LogP contribution >= 0.6 is 0 Å². The van der Waals surface area contributed by atoms with Gasteiger partial charge in [-0.3, -0.25) is 0 Å². The summed E-state index contributed by atoms with van der Waals surface area (Å²) in [5, 5.41) is 3.62. The molecule has 5 heteroatoms. The first kappa shape index (κ1) is 11.0. The molecule has 0 N–H and O–H groups in total. The molecule has 0 atom stereocenters. The minimum Gasteiger partial charge on any atom is -0.360 e. The van der Waals surface area contributed by atoms with Crippen LogP contribution in [0.15, 0.2) is 22.7 Å². The van der Waals surface area contributed by atoms with Crippen LogP contribution in [-0.2, 0) is 15.6 Å². The third-order valence-electron chi connectivity index (χ3n) is 1.62. The van der Waals surface area contributed by atoms with Gasteiger partial charge in [-0.05, 0) is 13.8 Å². The predicted molar refractivity (Wildman–Crippen MR) is 53.5 cm³/mol. The van der Waals surface area contributed by atoms with Gasteiger partial charge in [0.25, 0.3) is 0 Å². The number of aromatic nitrogens is 1. The Morgan fingerprint density at radius 1 is 1.57 bits per heavy atom. The summed E-state index contributed by atoms with van der Waals surface area (Å²) in [4.78, 5) is 0. The molecule has 1 rings (SSSR count). The third kappa shape index (κ3) is 3.33. The second kappa shape index (κ2) is 4.41. The number of sulfone groups is 1. The van der Waals surface area contributed by atoms with Crippen LogP contribution in [0.1, 0.15) is 18.4 Å². The van der Waals surface area contributed by atoms with Gasteiger partial charge >= 0.3 is 0 Å². The maximum Gasteiger partial charge on any atom is 0.161 e. The molecular weight excluding hydrogens is 202 g/mol. The molecule has 14 heavy (non-hydrogen) atoms. The highest BCUT2D eigenvalue weighted by Gasteiger charge is 2.13. The number of allylic oxidation sites excluding steroid dienone is 1. The van der Waals surface area contributed by atoms with Gasteiger partial charge in [-0.15, -0.1) is 0 Å². The first-order valence-corrected chi connectivity index (χ1v) is 6.09. The number of nitrogens with zero attached hydrogens (tertiary/aromatic N) is 1. The highest BCUT2D eigenvalue weighted by atomic mass is 32.2. The molecule has 0 amide bonds. The average molecular weight is 215 g/mol. The highest BCUT2D eigenvalue weighted by molar-refractivity contribution is 7.90. The van der Waals surface area contributed by atoms with Gasteiger partial charge in [0, 0.05) is 6.07 Å². The summed E-state index contributed by atoms with van der Waals surface area (Å²) < 4.78 is 27.7. The zero-order valence-corrected chi connectivity index (χ0v) is 9.04. The molecule has 0 aliphatic rings. The Bertz CT molecular complexity index is 417. The third-order valence-corrected chi connectivity index (χ3v) is 3.05. The molecule has 4 nitrogen and oxygen atoms in total. The SMILES string of the molecule is CC=CCS(=O)(=O)Cc1cc(C)no1. The van der Waals surface area contributed by atoms with E-state index in [9.17, 15) is 8.42 Å². The van der Waals surface area contributed by atoms with E-state index in [-0.39, 0.29) is 11.5 Å². The van der Waals surface area contributed by atoms with E-state index in [1.54, 1.807) is 32.1 Å². The van der Waals surface area contributed by atoms with E-state index in [0.29, 0.717) is 11.5 Å². The molecule has 0 saturated carbocycles. The Hall–Kier alpha value is -1.10. The van der Waals surface area contributed by atoms with E-state index in [4.69, 9.17) is 4.52 Å². The lowest BCUT2D eigenvalue weighted by Gasteiger charge is -1.95. The Morgan fingerprint density at radius 2 is 2.29 bits per heavy atom.